The van der Waals surface area contributed by atoms with Crippen molar-refractivity contribution >= 4 is 5.69 Å². The van der Waals surface area contributed by atoms with Crippen LogP contribution < -0.4 is 10.2 Å². The van der Waals surface area contributed by atoms with Crippen LogP contribution in [0.4, 0.5) is 10.1 Å². The maximum Gasteiger partial charge on any atom is 0.146 e. The second-order valence-electron chi connectivity index (χ2n) is 6.71. The van der Waals surface area contributed by atoms with Gasteiger partial charge in [-0.3, -0.25) is 0 Å². The predicted octanol–water partition coefficient (Wildman–Crippen LogP) is 3.56. The summed E-state index contributed by atoms with van der Waals surface area (Å²) in [6, 6.07) is 5.56. The van der Waals surface area contributed by atoms with Crippen molar-refractivity contribution in [2.24, 2.45) is 5.92 Å². The predicted molar refractivity (Wildman–Crippen MR) is 79.0 cm³/mol. The summed E-state index contributed by atoms with van der Waals surface area (Å²) in [6.07, 6.45) is 2.58. The highest BCUT2D eigenvalue weighted by Gasteiger charge is 2.23. The van der Waals surface area contributed by atoms with Gasteiger partial charge >= 0.3 is 0 Å². The Morgan fingerprint density at radius 1 is 1.32 bits per heavy atom. The van der Waals surface area contributed by atoms with Gasteiger partial charge in [-0.25, -0.2) is 4.39 Å². The van der Waals surface area contributed by atoms with Gasteiger partial charge in [-0.2, -0.15) is 0 Å². The van der Waals surface area contributed by atoms with E-state index in [2.05, 4.69) is 26.1 Å². The Labute approximate surface area is 116 Å². The smallest absolute Gasteiger partial charge is 0.146 e. The van der Waals surface area contributed by atoms with Gasteiger partial charge in [0.05, 0.1) is 5.69 Å². The molecule has 0 spiro atoms. The largest absolute Gasteiger partial charge is 0.372 e. The summed E-state index contributed by atoms with van der Waals surface area (Å²) in [5, 5.41) is 3.38. The van der Waals surface area contributed by atoms with E-state index in [0.29, 0.717) is 12.2 Å². The lowest BCUT2D eigenvalue weighted by Crippen LogP contribution is -2.35. The zero-order chi connectivity index (χ0) is 14.0. The van der Waals surface area contributed by atoms with Crippen LogP contribution in [-0.2, 0) is 6.54 Å². The van der Waals surface area contributed by atoms with Crippen LogP contribution in [0.3, 0.4) is 0 Å². The SMILES string of the molecule is CN(CC1CC1)c1ccc(CNC(C)(C)C)cc1F. The Kier molecular flexibility index (Phi) is 4.14. The molecule has 1 aliphatic rings. The molecule has 0 amide bonds. The van der Waals surface area contributed by atoms with E-state index in [4.69, 9.17) is 0 Å². The summed E-state index contributed by atoms with van der Waals surface area (Å²) in [5.74, 6) is 0.656. The number of hydrogen-bond donors (Lipinski definition) is 1. The van der Waals surface area contributed by atoms with E-state index < -0.39 is 0 Å². The summed E-state index contributed by atoms with van der Waals surface area (Å²) in [5.41, 5.74) is 1.76. The molecule has 3 heteroatoms. The minimum atomic E-state index is -0.114. The molecule has 1 N–H and O–H groups in total. The summed E-state index contributed by atoms with van der Waals surface area (Å²) in [6.45, 7) is 8.01. The zero-order valence-electron chi connectivity index (χ0n) is 12.5. The number of nitrogens with zero attached hydrogens (tertiary/aromatic N) is 1. The van der Waals surface area contributed by atoms with Crippen LogP contribution in [0.2, 0.25) is 0 Å². The Bertz CT molecular complexity index is 433. The third kappa shape index (κ3) is 4.50. The highest BCUT2D eigenvalue weighted by molar-refractivity contribution is 5.48. The van der Waals surface area contributed by atoms with Gasteiger partial charge in [0.2, 0.25) is 0 Å². The number of rotatable bonds is 5. The van der Waals surface area contributed by atoms with Crippen LogP contribution >= 0.6 is 0 Å². The van der Waals surface area contributed by atoms with Crippen LogP contribution in [-0.4, -0.2) is 19.1 Å². The van der Waals surface area contributed by atoms with Gasteiger partial charge in [0.15, 0.2) is 0 Å². The number of nitrogens with one attached hydrogen (secondary N) is 1. The first-order chi connectivity index (χ1) is 8.85. The molecule has 1 aromatic carbocycles. The second-order valence-corrected chi connectivity index (χ2v) is 6.71. The molecular formula is C16H25FN2. The Morgan fingerprint density at radius 3 is 2.53 bits per heavy atom. The zero-order valence-corrected chi connectivity index (χ0v) is 12.5. The van der Waals surface area contributed by atoms with Gasteiger partial charge < -0.3 is 10.2 Å². The first-order valence-electron chi connectivity index (χ1n) is 7.10. The second kappa shape index (κ2) is 5.49. The first kappa shape index (κ1) is 14.3. The van der Waals surface area contributed by atoms with E-state index in [1.54, 1.807) is 6.07 Å². The summed E-state index contributed by atoms with van der Waals surface area (Å²) in [7, 11) is 1.98. The van der Waals surface area contributed by atoms with Crippen molar-refractivity contribution in [1.82, 2.24) is 5.32 Å². The van der Waals surface area contributed by atoms with Crippen molar-refractivity contribution in [3.63, 3.8) is 0 Å². The highest BCUT2D eigenvalue weighted by Crippen LogP contribution is 2.31. The molecular weight excluding hydrogens is 239 g/mol. The summed E-state index contributed by atoms with van der Waals surface area (Å²) in [4.78, 5) is 2.04. The Balaban J connectivity index is 1.99. The fourth-order valence-electron chi connectivity index (χ4n) is 2.12. The van der Waals surface area contributed by atoms with Crippen LogP contribution in [0.15, 0.2) is 18.2 Å². The Morgan fingerprint density at radius 2 is 2.00 bits per heavy atom. The Hall–Kier alpha value is -1.09. The molecule has 106 valence electrons. The highest BCUT2D eigenvalue weighted by atomic mass is 19.1. The monoisotopic (exact) mass is 264 g/mol. The molecule has 19 heavy (non-hydrogen) atoms. The van der Waals surface area contributed by atoms with Crippen molar-refractivity contribution < 1.29 is 4.39 Å². The van der Waals surface area contributed by atoms with Gasteiger partial charge in [-0.05, 0) is 57.2 Å². The molecule has 0 aliphatic heterocycles. The van der Waals surface area contributed by atoms with Crippen LogP contribution in [0.1, 0.15) is 39.2 Å². The van der Waals surface area contributed by atoms with E-state index in [0.717, 1.165) is 18.0 Å². The van der Waals surface area contributed by atoms with Crippen molar-refractivity contribution in [2.75, 3.05) is 18.5 Å². The van der Waals surface area contributed by atoms with Crippen molar-refractivity contribution in [1.29, 1.82) is 0 Å². The third-order valence-electron chi connectivity index (χ3n) is 3.48. The molecule has 0 saturated heterocycles. The molecule has 1 aromatic rings. The normalized spacial score (nSPS) is 15.6. The molecule has 0 heterocycles. The molecule has 0 atom stereocenters. The van der Waals surface area contributed by atoms with Gasteiger partial charge in [0, 0.05) is 25.7 Å². The maximum atomic E-state index is 14.1. The lowest BCUT2D eigenvalue weighted by molar-refractivity contribution is 0.423. The number of benzene rings is 1. The molecule has 0 bridgehead atoms. The lowest BCUT2D eigenvalue weighted by atomic mass is 10.1. The molecule has 0 radical (unpaired) electrons. The quantitative estimate of drug-likeness (QED) is 0.874. The first-order valence-corrected chi connectivity index (χ1v) is 7.10. The number of halogens is 1. The molecule has 1 aliphatic carbocycles. The molecule has 1 saturated carbocycles. The maximum absolute atomic E-state index is 14.1. The van der Waals surface area contributed by atoms with Gasteiger partial charge in [0.1, 0.15) is 5.82 Å². The molecule has 0 unspecified atom stereocenters. The topological polar surface area (TPSA) is 15.3 Å². The average molecular weight is 264 g/mol. The lowest BCUT2D eigenvalue weighted by Gasteiger charge is -2.22. The summed E-state index contributed by atoms with van der Waals surface area (Å²) < 4.78 is 14.1. The van der Waals surface area contributed by atoms with Crippen molar-refractivity contribution in [2.45, 2.75) is 45.7 Å². The van der Waals surface area contributed by atoms with E-state index in [1.807, 2.05) is 24.1 Å². The van der Waals surface area contributed by atoms with Gasteiger partial charge in [0.25, 0.3) is 0 Å². The summed E-state index contributed by atoms with van der Waals surface area (Å²) >= 11 is 0. The van der Waals surface area contributed by atoms with Gasteiger partial charge in [-0.1, -0.05) is 6.07 Å². The minimum absolute atomic E-state index is 0.0535. The molecule has 0 aromatic heterocycles. The minimum Gasteiger partial charge on any atom is -0.372 e. The molecule has 1 fully saturated rings. The standard InChI is InChI=1S/C16H25FN2/c1-16(2,3)18-10-13-7-8-15(14(17)9-13)19(4)11-12-5-6-12/h7-9,12,18H,5-6,10-11H2,1-4H3. The molecule has 2 rings (SSSR count). The fourth-order valence-corrected chi connectivity index (χ4v) is 2.12. The van der Waals surface area contributed by atoms with E-state index in [-0.39, 0.29) is 11.4 Å². The number of hydrogen-bond acceptors (Lipinski definition) is 2. The van der Waals surface area contributed by atoms with E-state index >= 15 is 0 Å². The van der Waals surface area contributed by atoms with Crippen LogP contribution in [0, 0.1) is 11.7 Å². The molecule has 2 nitrogen and oxygen atoms in total. The van der Waals surface area contributed by atoms with Crippen LogP contribution in [0.5, 0.6) is 0 Å². The third-order valence-corrected chi connectivity index (χ3v) is 3.48. The fraction of sp³-hybridized carbons (Fsp3) is 0.625. The van der Waals surface area contributed by atoms with Crippen molar-refractivity contribution in [3.05, 3.63) is 29.6 Å². The van der Waals surface area contributed by atoms with Gasteiger partial charge in [-0.15, -0.1) is 0 Å². The van der Waals surface area contributed by atoms with Crippen molar-refractivity contribution in [3.8, 4) is 0 Å². The van der Waals surface area contributed by atoms with E-state index in [1.165, 1.54) is 12.8 Å². The average Bonchev–Trinajstić information content (AvgIpc) is 3.09. The van der Waals surface area contributed by atoms with Crippen LogP contribution in [0.25, 0.3) is 0 Å². The number of anilines is 1. The van der Waals surface area contributed by atoms with E-state index in [9.17, 15) is 4.39 Å².